The molecule has 0 rings (SSSR count). The van der Waals surface area contributed by atoms with Gasteiger partial charge in [-0.3, -0.25) is 9.59 Å². The molecule has 0 fully saturated rings. The minimum atomic E-state index is -2.30. The van der Waals surface area contributed by atoms with Crippen molar-refractivity contribution in [3.8, 4) is 0 Å². The lowest BCUT2D eigenvalue weighted by atomic mass is 10.1. The molecule has 5 heteroatoms. The number of hydrogen-bond donors (Lipinski definition) is 1. The van der Waals surface area contributed by atoms with Crippen LogP contribution in [0, 0.1) is 5.92 Å². The highest BCUT2D eigenvalue weighted by atomic mass is 16.5. The summed E-state index contributed by atoms with van der Waals surface area (Å²) in [5, 5.41) is 8.84. The highest BCUT2D eigenvalue weighted by Gasteiger charge is 2.24. The number of nitrogens with zero attached hydrogens (tertiary/aromatic N) is 1. The van der Waals surface area contributed by atoms with Gasteiger partial charge in [-0.1, -0.05) is 13.8 Å². The lowest BCUT2D eigenvalue weighted by molar-refractivity contribution is -0.873. The Kier molecular flexibility index (Phi) is 4.27. The van der Waals surface area contributed by atoms with Crippen molar-refractivity contribution < 1.29 is 28.0 Å². The summed E-state index contributed by atoms with van der Waals surface area (Å²) in [7, 11) is 2.91. The number of carbonyl (C=O) groups excluding carboxylic acids is 1. The summed E-state index contributed by atoms with van der Waals surface area (Å²) in [5.41, 5.74) is 0. The van der Waals surface area contributed by atoms with E-state index in [1.54, 1.807) is 0 Å². The second-order valence-electron chi connectivity index (χ2n) is 5.18. The number of rotatable bonds is 7. The zero-order valence-electron chi connectivity index (χ0n) is 13.9. The van der Waals surface area contributed by atoms with Gasteiger partial charge >= 0.3 is 11.9 Å². The lowest BCUT2D eigenvalue weighted by Crippen LogP contribution is -2.43. The minimum Gasteiger partial charge on any atom is -0.481 e. The third kappa shape index (κ3) is 9.81. The maximum Gasteiger partial charge on any atom is 0.307 e. The van der Waals surface area contributed by atoms with Crippen molar-refractivity contribution in [1.82, 2.24) is 0 Å². The molecule has 1 atom stereocenters. The van der Waals surface area contributed by atoms with Gasteiger partial charge in [0.25, 0.3) is 0 Å². The first kappa shape index (κ1) is 11.0. The van der Waals surface area contributed by atoms with Gasteiger partial charge < -0.3 is 14.3 Å². The van der Waals surface area contributed by atoms with Crippen molar-refractivity contribution in [3.05, 3.63) is 0 Å². The van der Waals surface area contributed by atoms with Crippen LogP contribution in [0.1, 0.15) is 30.8 Å². The molecule has 17 heavy (non-hydrogen) atoms. The summed E-state index contributed by atoms with van der Waals surface area (Å²) >= 11 is 0. The second-order valence-corrected chi connectivity index (χ2v) is 5.18. The van der Waals surface area contributed by atoms with Gasteiger partial charge in [0.15, 0.2) is 6.10 Å². The summed E-state index contributed by atoms with van der Waals surface area (Å²) < 4.78 is 27.0. The van der Waals surface area contributed by atoms with Crippen LogP contribution < -0.4 is 0 Å². The highest BCUT2D eigenvalue weighted by molar-refractivity contribution is 5.71. The predicted molar refractivity (Wildman–Crippen MR) is 64.5 cm³/mol. The van der Waals surface area contributed by atoms with Gasteiger partial charge in [-0.15, -0.1) is 0 Å². The zero-order valence-corrected chi connectivity index (χ0v) is 10.9. The van der Waals surface area contributed by atoms with E-state index < -0.39 is 35.9 Å². The van der Waals surface area contributed by atoms with Crippen molar-refractivity contribution >= 4 is 11.9 Å². The summed E-state index contributed by atoms with van der Waals surface area (Å²) in [6.45, 7) is 1.31. The van der Waals surface area contributed by atoms with E-state index in [2.05, 4.69) is 0 Å². The third-order valence-corrected chi connectivity index (χ3v) is 1.94. The monoisotopic (exact) mass is 249 g/mol. The Morgan fingerprint density at radius 3 is 2.35 bits per heavy atom. The molecule has 0 saturated carbocycles. The number of esters is 1. The molecule has 0 bridgehead atoms. The highest BCUT2D eigenvalue weighted by Crippen LogP contribution is 2.09. The van der Waals surface area contributed by atoms with Crippen LogP contribution in [0.4, 0.5) is 0 Å². The fraction of sp³-hybridized carbons (Fsp3) is 0.833. The number of quaternary nitrogens is 1. The molecule has 0 heterocycles. The number of carbonyl (C=O) groups is 2. The molecule has 0 aromatic rings. The Morgan fingerprint density at radius 2 is 1.94 bits per heavy atom. The maximum atomic E-state index is 11.6. The van der Waals surface area contributed by atoms with Crippen LogP contribution in [-0.4, -0.2) is 55.2 Å². The number of ether oxygens (including phenoxy) is 1. The molecule has 0 amide bonds. The number of carboxylic acids is 1. The zero-order chi connectivity index (χ0) is 16.1. The molecule has 1 N–H and O–H groups in total. The average molecular weight is 249 g/mol. The van der Waals surface area contributed by atoms with Crippen molar-refractivity contribution in [2.45, 2.75) is 32.8 Å². The van der Waals surface area contributed by atoms with Crippen LogP contribution in [0.15, 0.2) is 0 Å². The number of likely N-dealkylation sites (N-methyl/N-ethyl adjacent to an activating group) is 1. The molecule has 0 aromatic heterocycles. The number of aliphatic carboxylic acids is 1. The summed E-state index contributed by atoms with van der Waals surface area (Å²) in [6.07, 6.45) is -1.17. The molecular weight excluding hydrogens is 222 g/mol. The van der Waals surface area contributed by atoms with Gasteiger partial charge in [0.05, 0.1) is 31.6 Å². The first-order valence-electron chi connectivity index (χ1n) is 7.09. The fourth-order valence-electron chi connectivity index (χ4n) is 1.41. The van der Waals surface area contributed by atoms with E-state index in [1.807, 2.05) is 13.8 Å². The molecule has 0 spiro atoms. The largest absolute Gasteiger partial charge is 0.481 e. The van der Waals surface area contributed by atoms with Crippen LogP contribution in [0.25, 0.3) is 0 Å². The minimum absolute atomic E-state index is 0.0768. The fourth-order valence-corrected chi connectivity index (χ4v) is 1.41. The van der Waals surface area contributed by atoms with Gasteiger partial charge in [-0.05, 0) is 5.92 Å². The van der Waals surface area contributed by atoms with Crippen molar-refractivity contribution in [2.24, 2.45) is 5.92 Å². The summed E-state index contributed by atoms with van der Waals surface area (Å²) in [5.74, 6) is -1.53. The molecular formula is C12H24NO4+. The quantitative estimate of drug-likeness (QED) is 0.542. The molecule has 0 aliphatic rings. The van der Waals surface area contributed by atoms with Crippen molar-refractivity contribution in [2.75, 3.05) is 27.6 Å². The van der Waals surface area contributed by atoms with Crippen molar-refractivity contribution in [1.29, 1.82) is 0 Å². The van der Waals surface area contributed by atoms with Gasteiger partial charge in [-0.2, -0.15) is 0 Å². The molecule has 0 aliphatic carbocycles. The molecule has 0 radical (unpaired) electrons. The summed E-state index contributed by atoms with van der Waals surface area (Å²) in [6, 6.07) is 0. The van der Waals surface area contributed by atoms with Gasteiger partial charge in [0.2, 0.25) is 0 Å². The number of carboxylic acid groups (broad SMARTS) is 1. The molecule has 100 valence electrons. The van der Waals surface area contributed by atoms with Gasteiger partial charge in [0, 0.05) is 6.42 Å². The first-order chi connectivity index (χ1) is 8.85. The van der Waals surface area contributed by atoms with Crippen LogP contribution in [-0.2, 0) is 14.3 Å². The van der Waals surface area contributed by atoms with Crippen LogP contribution in [0.2, 0.25) is 0 Å². The Balaban J connectivity index is 4.82. The van der Waals surface area contributed by atoms with Crippen LogP contribution in [0.5, 0.6) is 0 Å². The smallest absolute Gasteiger partial charge is 0.307 e. The van der Waals surface area contributed by atoms with E-state index in [1.165, 1.54) is 14.1 Å². The molecule has 0 saturated heterocycles. The predicted octanol–water partition coefficient (Wildman–Crippen LogP) is 1.13. The van der Waals surface area contributed by atoms with E-state index >= 15 is 0 Å². The Hall–Kier alpha value is -1.10. The SMILES string of the molecule is [2H]C([2H])([2H])[N+](C)(C)CC(CC(=O)O)OC(=O)CC(C)C. The van der Waals surface area contributed by atoms with Crippen LogP contribution in [0.3, 0.4) is 0 Å². The second kappa shape index (κ2) is 6.59. The standard InChI is InChI=1S/C12H23NO4/c1-9(2)6-12(16)17-10(7-11(14)15)8-13(3,4)5/h9-10H,6-8H2,1-5H3/p+1/i3D3. The molecule has 5 nitrogen and oxygen atoms in total. The van der Waals surface area contributed by atoms with E-state index in [0.29, 0.717) is 0 Å². The average Bonchev–Trinajstić information content (AvgIpc) is 2.10. The maximum absolute atomic E-state index is 11.6. The van der Waals surface area contributed by atoms with E-state index in [-0.39, 0.29) is 18.9 Å². The Bertz CT molecular complexity index is 353. The molecule has 0 aromatic carbocycles. The Labute approximate surface area is 107 Å². The Morgan fingerprint density at radius 1 is 1.35 bits per heavy atom. The van der Waals surface area contributed by atoms with E-state index in [0.717, 1.165) is 0 Å². The summed E-state index contributed by atoms with van der Waals surface area (Å²) in [4.78, 5) is 22.4. The first-order valence-corrected chi connectivity index (χ1v) is 5.59. The molecule has 1 unspecified atom stereocenters. The lowest BCUT2D eigenvalue weighted by Gasteiger charge is -2.28. The normalized spacial score (nSPS) is 16.9. The number of hydrogen-bond acceptors (Lipinski definition) is 3. The van der Waals surface area contributed by atoms with E-state index in [9.17, 15) is 9.59 Å². The van der Waals surface area contributed by atoms with Crippen LogP contribution >= 0.6 is 0 Å². The van der Waals surface area contributed by atoms with Gasteiger partial charge in [-0.25, -0.2) is 0 Å². The third-order valence-electron chi connectivity index (χ3n) is 1.94. The van der Waals surface area contributed by atoms with E-state index in [4.69, 9.17) is 14.0 Å². The van der Waals surface area contributed by atoms with Crippen molar-refractivity contribution in [3.63, 3.8) is 0 Å². The topological polar surface area (TPSA) is 63.6 Å². The van der Waals surface area contributed by atoms with Gasteiger partial charge in [0.1, 0.15) is 6.54 Å². The molecule has 0 aliphatic heterocycles.